The molecule has 1 aromatic heterocycles. The molecule has 3 aromatic rings. The lowest BCUT2D eigenvalue weighted by Crippen LogP contribution is -2.46. The zero-order valence-corrected chi connectivity index (χ0v) is 18.6. The Kier molecular flexibility index (Phi) is 6.27. The first-order valence-corrected chi connectivity index (χ1v) is 11.0. The third kappa shape index (κ3) is 4.78. The molecule has 0 spiro atoms. The number of fused-ring (bicyclic) bond motifs is 1. The Bertz CT molecular complexity index is 1250. The molecule has 182 valence electrons. The fraction of sp³-hybridized carbons (Fsp3) is 0.304. The van der Waals surface area contributed by atoms with Gasteiger partial charge in [0, 0.05) is 44.8 Å². The number of aromatic nitrogens is 2. The van der Waals surface area contributed by atoms with Crippen LogP contribution < -0.4 is 19.7 Å². The normalized spacial score (nSPS) is 15.3. The van der Waals surface area contributed by atoms with Crippen LogP contribution in [0.15, 0.2) is 42.7 Å². The Morgan fingerprint density at radius 3 is 2.66 bits per heavy atom. The van der Waals surface area contributed by atoms with E-state index in [0.717, 1.165) is 23.1 Å². The summed E-state index contributed by atoms with van der Waals surface area (Å²) in [7, 11) is 0. The first-order chi connectivity index (χ1) is 17.0. The van der Waals surface area contributed by atoms with Crippen molar-refractivity contribution < 1.29 is 23.2 Å². The van der Waals surface area contributed by atoms with Crippen LogP contribution in [-0.4, -0.2) is 52.8 Å². The molecule has 2 aliphatic heterocycles. The highest BCUT2D eigenvalue weighted by Gasteiger charge is 2.29. The van der Waals surface area contributed by atoms with E-state index in [2.05, 4.69) is 20.2 Å². The van der Waals surface area contributed by atoms with Crippen molar-refractivity contribution in [3.05, 3.63) is 75.6 Å². The summed E-state index contributed by atoms with van der Waals surface area (Å²) in [5, 5.41) is 14.7. The van der Waals surface area contributed by atoms with E-state index in [-0.39, 0.29) is 36.2 Å². The SMILES string of the molecule is O=[N+]([O-])c1c(NCc2cccc(F)c2F)ncnc1N1CCN(Cc2ccc3c(c2)OCO3)CC1. The topological polar surface area (TPSA) is 106 Å². The van der Waals surface area contributed by atoms with E-state index in [1.54, 1.807) is 0 Å². The van der Waals surface area contributed by atoms with Gasteiger partial charge in [-0.3, -0.25) is 15.0 Å². The molecular weight excluding hydrogens is 462 g/mol. The van der Waals surface area contributed by atoms with Crippen LogP contribution in [0.1, 0.15) is 11.1 Å². The van der Waals surface area contributed by atoms with Crippen LogP contribution in [0.25, 0.3) is 0 Å². The van der Waals surface area contributed by atoms with Gasteiger partial charge in [-0.1, -0.05) is 18.2 Å². The van der Waals surface area contributed by atoms with Gasteiger partial charge in [-0.05, 0) is 23.8 Å². The van der Waals surface area contributed by atoms with Crippen molar-refractivity contribution in [3.8, 4) is 11.5 Å². The van der Waals surface area contributed by atoms with Gasteiger partial charge in [0.1, 0.15) is 6.33 Å². The molecule has 5 rings (SSSR count). The third-order valence-corrected chi connectivity index (χ3v) is 5.98. The zero-order valence-electron chi connectivity index (χ0n) is 18.6. The predicted molar refractivity (Wildman–Crippen MR) is 122 cm³/mol. The van der Waals surface area contributed by atoms with Crippen LogP contribution >= 0.6 is 0 Å². The molecule has 0 saturated carbocycles. The Morgan fingerprint density at radius 1 is 1.06 bits per heavy atom. The summed E-state index contributed by atoms with van der Waals surface area (Å²) >= 11 is 0. The molecule has 1 fully saturated rings. The zero-order chi connectivity index (χ0) is 24.4. The van der Waals surface area contributed by atoms with Gasteiger partial charge >= 0.3 is 5.69 Å². The molecule has 0 aliphatic carbocycles. The maximum absolute atomic E-state index is 14.0. The second-order valence-corrected chi connectivity index (χ2v) is 8.17. The van der Waals surface area contributed by atoms with E-state index in [0.29, 0.717) is 32.7 Å². The van der Waals surface area contributed by atoms with Gasteiger partial charge in [-0.25, -0.2) is 18.7 Å². The van der Waals surface area contributed by atoms with Gasteiger partial charge in [-0.15, -0.1) is 0 Å². The van der Waals surface area contributed by atoms with E-state index >= 15 is 0 Å². The molecule has 35 heavy (non-hydrogen) atoms. The second kappa shape index (κ2) is 9.66. The van der Waals surface area contributed by atoms with Crippen LogP contribution in [0.4, 0.5) is 26.1 Å². The molecule has 1 N–H and O–H groups in total. The lowest BCUT2D eigenvalue weighted by molar-refractivity contribution is -0.383. The number of halogens is 2. The minimum atomic E-state index is -1.00. The molecule has 10 nitrogen and oxygen atoms in total. The number of hydrogen-bond acceptors (Lipinski definition) is 9. The number of nitrogens with zero attached hydrogens (tertiary/aromatic N) is 5. The number of rotatable bonds is 7. The fourth-order valence-electron chi connectivity index (χ4n) is 4.18. The highest BCUT2D eigenvalue weighted by molar-refractivity contribution is 5.70. The summed E-state index contributed by atoms with van der Waals surface area (Å²) in [6, 6.07) is 9.63. The molecule has 12 heteroatoms. The molecule has 0 radical (unpaired) electrons. The third-order valence-electron chi connectivity index (χ3n) is 5.98. The summed E-state index contributed by atoms with van der Waals surface area (Å²) in [5.41, 5.74) is 0.830. The van der Waals surface area contributed by atoms with Crippen molar-refractivity contribution in [1.29, 1.82) is 0 Å². The van der Waals surface area contributed by atoms with Crippen molar-refractivity contribution in [2.45, 2.75) is 13.1 Å². The Balaban J connectivity index is 1.27. The minimum absolute atomic E-state index is 0.0385. The molecule has 0 bridgehead atoms. The van der Waals surface area contributed by atoms with Crippen molar-refractivity contribution in [1.82, 2.24) is 14.9 Å². The van der Waals surface area contributed by atoms with E-state index in [4.69, 9.17) is 9.47 Å². The highest BCUT2D eigenvalue weighted by Crippen LogP contribution is 2.34. The molecule has 3 heterocycles. The second-order valence-electron chi connectivity index (χ2n) is 8.17. The Labute approximate surface area is 199 Å². The molecule has 0 atom stereocenters. The van der Waals surface area contributed by atoms with Crippen LogP contribution in [0.5, 0.6) is 11.5 Å². The number of ether oxygens (including phenoxy) is 2. The van der Waals surface area contributed by atoms with E-state index in [1.165, 1.54) is 18.5 Å². The van der Waals surface area contributed by atoms with E-state index in [1.807, 2.05) is 23.1 Å². The Hall–Kier alpha value is -4.06. The number of nitrogens with one attached hydrogen (secondary N) is 1. The van der Waals surface area contributed by atoms with E-state index in [9.17, 15) is 18.9 Å². The van der Waals surface area contributed by atoms with Gasteiger partial charge in [0.15, 0.2) is 23.1 Å². The van der Waals surface area contributed by atoms with Crippen molar-refractivity contribution in [2.24, 2.45) is 0 Å². The average Bonchev–Trinajstić information content (AvgIpc) is 3.33. The number of piperazine rings is 1. The minimum Gasteiger partial charge on any atom is -0.454 e. The molecule has 2 aromatic carbocycles. The first-order valence-electron chi connectivity index (χ1n) is 11.0. The summed E-state index contributed by atoms with van der Waals surface area (Å²) < 4.78 is 38.3. The lowest BCUT2D eigenvalue weighted by atomic mass is 10.1. The first kappa shape index (κ1) is 22.7. The maximum atomic E-state index is 14.0. The molecule has 0 unspecified atom stereocenters. The summed E-state index contributed by atoms with van der Waals surface area (Å²) in [6.07, 6.45) is 1.23. The molecule has 1 saturated heterocycles. The van der Waals surface area contributed by atoms with Crippen LogP contribution in [0.3, 0.4) is 0 Å². The largest absolute Gasteiger partial charge is 0.454 e. The summed E-state index contributed by atoms with van der Waals surface area (Å²) in [6.45, 7) is 3.18. The smallest absolute Gasteiger partial charge is 0.353 e. The van der Waals surface area contributed by atoms with Gasteiger partial charge in [-0.2, -0.15) is 0 Å². The number of anilines is 2. The lowest BCUT2D eigenvalue weighted by Gasteiger charge is -2.35. The Morgan fingerprint density at radius 2 is 1.86 bits per heavy atom. The van der Waals surface area contributed by atoms with Crippen molar-refractivity contribution in [2.75, 3.05) is 43.2 Å². The van der Waals surface area contributed by atoms with Gasteiger partial charge in [0.25, 0.3) is 0 Å². The maximum Gasteiger partial charge on any atom is 0.353 e. The summed E-state index contributed by atoms with van der Waals surface area (Å²) in [5.74, 6) is -0.382. The summed E-state index contributed by atoms with van der Waals surface area (Å²) in [4.78, 5) is 23.6. The standard InChI is InChI=1S/C23H22F2N6O4/c24-17-3-1-2-16(20(17)25)11-26-22-21(31(32)33)23(28-13-27-22)30-8-6-29(7-9-30)12-15-4-5-18-19(10-15)35-14-34-18/h1-5,10,13H,6-9,11-12,14H2,(H,26,27,28). The quantitative estimate of drug-likeness (QED) is 0.399. The highest BCUT2D eigenvalue weighted by atomic mass is 19.2. The van der Waals surface area contributed by atoms with Crippen LogP contribution in [0.2, 0.25) is 0 Å². The average molecular weight is 484 g/mol. The molecule has 2 aliphatic rings. The number of nitro groups is 1. The van der Waals surface area contributed by atoms with Gasteiger partial charge < -0.3 is 19.7 Å². The van der Waals surface area contributed by atoms with Gasteiger partial charge in [0.2, 0.25) is 18.4 Å². The predicted octanol–water partition coefficient (Wildman–Crippen LogP) is 3.33. The monoisotopic (exact) mass is 484 g/mol. The van der Waals surface area contributed by atoms with E-state index < -0.39 is 16.6 Å². The van der Waals surface area contributed by atoms with Crippen molar-refractivity contribution in [3.63, 3.8) is 0 Å². The molecule has 0 amide bonds. The molecular formula is C23H22F2N6O4. The number of benzene rings is 2. The van der Waals surface area contributed by atoms with Crippen molar-refractivity contribution >= 4 is 17.3 Å². The van der Waals surface area contributed by atoms with Gasteiger partial charge in [0.05, 0.1) is 4.92 Å². The number of hydrogen-bond donors (Lipinski definition) is 1. The fourth-order valence-corrected chi connectivity index (χ4v) is 4.18. The van der Waals surface area contributed by atoms with Crippen LogP contribution in [-0.2, 0) is 13.1 Å². The van der Waals surface area contributed by atoms with Crippen LogP contribution in [0, 0.1) is 21.7 Å².